The van der Waals surface area contributed by atoms with E-state index in [0.29, 0.717) is 17.9 Å². The van der Waals surface area contributed by atoms with Crippen LogP contribution in [0, 0.1) is 11.8 Å². The van der Waals surface area contributed by atoms with Gasteiger partial charge in [-0.15, -0.1) is 0 Å². The van der Waals surface area contributed by atoms with Crippen molar-refractivity contribution >= 4 is 0 Å². The summed E-state index contributed by atoms with van der Waals surface area (Å²) in [6.45, 7) is 6.71. The molecule has 2 nitrogen and oxygen atoms in total. The molecule has 0 saturated carbocycles. The van der Waals surface area contributed by atoms with E-state index in [0.717, 1.165) is 5.76 Å². The SMILES string of the molecule is CNC(c1ccco1)C(C)C(C)C. The van der Waals surface area contributed by atoms with Crippen molar-refractivity contribution in [3.05, 3.63) is 24.2 Å². The molecule has 1 aromatic heterocycles. The predicted molar refractivity (Wildman–Crippen MR) is 54.5 cm³/mol. The van der Waals surface area contributed by atoms with Crippen LogP contribution < -0.4 is 5.32 Å². The van der Waals surface area contributed by atoms with Gasteiger partial charge in [-0.25, -0.2) is 0 Å². The second-order valence-corrected chi connectivity index (χ2v) is 3.88. The Labute approximate surface area is 80.3 Å². The van der Waals surface area contributed by atoms with Gasteiger partial charge >= 0.3 is 0 Å². The van der Waals surface area contributed by atoms with Crippen LogP contribution in [0.5, 0.6) is 0 Å². The van der Waals surface area contributed by atoms with E-state index in [2.05, 4.69) is 26.1 Å². The van der Waals surface area contributed by atoms with Crippen molar-refractivity contribution in [2.24, 2.45) is 11.8 Å². The van der Waals surface area contributed by atoms with Crippen LogP contribution in [0.2, 0.25) is 0 Å². The molecule has 0 spiro atoms. The lowest BCUT2D eigenvalue weighted by Crippen LogP contribution is -2.26. The van der Waals surface area contributed by atoms with Crippen LogP contribution >= 0.6 is 0 Å². The molecule has 1 heterocycles. The van der Waals surface area contributed by atoms with Crippen molar-refractivity contribution in [1.29, 1.82) is 0 Å². The third-order valence-electron chi connectivity index (χ3n) is 2.74. The van der Waals surface area contributed by atoms with Crippen molar-refractivity contribution in [3.8, 4) is 0 Å². The third-order valence-corrected chi connectivity index (χ3v) is 2.74. The van der Waals surface area contributed by atoms with Crippen LogP contribution in [0.15, 0.2) is 22.8 Å². The van der Waals surface area contributed by atoms with E-state index in [4.69, 9.17) is 4.42 Å². The molecule has 0 radical (unpaired) electrons. The molecule has 0 aliphatic heterocycles. The zero-order valence-electron chi connectivity index (χ0n) is 8.87. The van der Waals surface area contributed by atoms with Crippen molar-refractivity contribution in [2.45, 2.75) is 26.8 Å². The fraction of sp³-hybridized carbons (Fsp3) is 0.636. The highest BCUT2D eigenvalue weighted by atomic mass is 16.3. The Morgan fingerprint density at radius 3 is 2.38 bits per heavy atom. The highest BCUT2D eigenvalue weighted by Gasteiger charge is 2.22. The summed E-state index contributed by atoms with van der Waals surface area (Å²) in [4.78, 5) is 0. The largest absolute Gasteiger partial charge is 0.468 e. The normalized spacial score (nSPS) is 16.1. The Morgan fingerprint density at radius 1 is 1.31 bits per heavy atom. The topological polar surface area (TPSA) is 25.2 Å². The predicted octanol–water partition coefficient (Wildman–Crippen LogP) is 2.83. The fourth-order valence-electron chi connectivity index (χ4n) is 1.52. The summed E-state index contributed by atoms with van der Waals surface area (Å²) in [6.07, 6.45) is 1.73. The van der Waals surface area contributed by atoms with E-state index in [9.17, 15) is 0 Å². The minimum Gasteiger partial charge on any atom is -0.468 e. The average Bonchev–Trinajstić information content (AvgIpc) is 2.58. The number of hydrogen-bond donors (Lipinski definition) is 1. The van der Waals surface area contributed by atoms with Crippen LogP contribution in [0.3, 0.4) is 0 Å². The van der Waals surface area contributed by atoms with Gasteiger partial charge in [-0.3, -0.25) is 0 Å². The van der Waals surface area contributed by atoms with E-state index < -0.39 is 0 Å². The Bertz CT molecular complexity index is 228. The minimum absolute atomic E-state index is 0.329. The van der Waals surface area contributed by atoms with Gasteiger partial charge in [-0.1, -0.05) is 20.8 Å². The summed E-state index contributed by atoms with van der Waals surface area (Å²) in [7, 11) is 1.98. The summed E-state index contributed by atoms with van der Waals surface area (Å²) in [5.41, 5.74) is 0. The molecule has 0 amide bonds. The lowest BCUT2D eigenvalue weighted by Gasteiger charge is -2.24. The fourth-order valence-corrected chi connectivity index (χ4v) is 1.52. The Hall–Kier alpha value is -0.760. The van der Waals surface area contributed by atoms with E-state index in [-0.39, 0.29) is 0 Å². The molecule has 1 aromatic rings. The zero-order chi connectivity index (χ0) is 9.84. The molecule has 0 aromatic carbocycles. The maximum Gasteiger partial charge on any atom is 0.120 e. The van der Waals surface area contributed by atoms with E-state index in [1.165, 1.54) is 0 Å². The molecule has 0 fully saturated rings. The van der Waals surface area contributed by atoms with Crippen LogP contribution in [0.25, 0.3) is 0 Å². The van der Waals surface area contributed by atoms with Crippen molar-refractivity contribution in [1.82, 2.24) is 5.32 Å². The van der Waals surface area contributed by atoms with Crippen molar-refractivity contribution < 1.29 is 4.42 Å². The van der Waals surface area contributed by atoms with Crippen LogP contribution in [0.4, 0.5) is 0 Å². The monoisotopic (exact) mass is 181 g/mol. The average molecular weight is 181 g/mol. The molecule has 1 N–H and O–H groups in total. The van der Waals surface area contributed by atoms with Gasteiger partial charge in [-0.05, 0) is 31.0 Å². The van der Waals surface area contributed by atoms with Gasteiger partial charge in [0.05, 0.1) is 12.3 Å². The first kappa shape index (κ1) is 10.3. The highest BCUT2D eigenvalue weighted by molar-refractivity contribution is 5.05. The Kier molecular flexibility index (Phi) is 3.55. The van der Waals surface area contributed by atoms with E-state index in [1.54, 1.807) is 6.26 Å². The van der Waals surface area contributed by atoms with Crippen molar-refractivity contribution in [3.63, 3.8) is 0 Å². The number of nitrogens with one attached hydrogen (secondary N) is 1. The van der Waals surface area contributed by atoms with Gasteiger partial charge in [0.15, 0.2) is 0 Å². The highest BCUT2D eigenvalue weighted by Crippen LogP contribution is 2.27. The van der Waals surface area contributed by atoms with E-state index >= 15 is 0 Å². The Morgan fingerprint density at radius 2 is 2.00 bits per heavy atom. The third kappa shape index (κ3) is 2.34. The smallest absolute Gasteiger partial charge is 0.120 e. The summed E-state index contributed by atoms with van der Waals surface area (Å²) in [5, 5.41) is 3.29. The van der Waals surface area contributed by atoms with E-state index in [1.807, 2.05) is 19.2 Å². The first-order valence-corrected chi connectivity index (χ1v) is 4.87. The van der Waals surface area contributed by atoms with Gasteiger partial charge in [0.25, 0.3) is 0 Å². The molecule has 13 heavy (non-hydrogen) atoms. The van der Waals surface area contributed by atoms with Gasteiger partial charge in [-0.2, -0.15) is 0 Å². The first-order chi connectivity index (χ1) is 6.16. The summed E-state index contributed by atoms with van der Waals surface area (Å²) in [6, 6.07) is 4.29. The van der Waals surface area contributed by atoms with Crippen LogP contribution in [0.1, 0.15) is 32.6 Å². The number of furan rings is 1. The van der Waals surface area contributed by atoms with Crippen LogP contribution in [-0.2, 0) is 0 Å². The maximum absolute atomic E-state index is 5.40. The van der Waals surface area contributed by atoms with Gasteiger partial charge in [0.1, 0.15) is 5.76 Å². The quantitative estimate of drug-likeness (QED) is 0.772. The minimum atomic E-state index is 0.329. The molecule has 0 saturated heterocycles. The second-order valence-electron chi connectivity index (χ2n) is 3.88. The molecule has 2 unspecified atom stereocenters. The molecular weight excluding hydrogens is 162 g/mol. The van der Waals surface area contributed by atoms with Crippen molar-refractivity contribution in [2.75, 3.05) is 7.05 Å². The molecule has 0 bridgehead atoms. The molecule has 74 valence electrons. The second kappa shape index (κ2) is 4.47. The summed E-state index contributed by atoms with van der Waals surface area (Å²) < 4.78 is 5.40. The molecule has 1 rings (SSSR count). The molecule has 0 aliphatic carbocycles. The Balaban J connectivity index is 2.74. The zero-order valence-corrected chi connectivity index (χ0v) is 8.87. The van der Waals surface area contributed by atoms with Crippen LogP contribution in [-0.4, -0.2) is 7.05 Å². The first-order valence-electron chi connectivity index (χ1n) is 4.87. The van der Waals surface area contributed by atoms with Gasteiger partial charge in [0.2, 0.25) is 0 Å². The molecule has 2 atom stereocenters. The summed E-state index contributed by atoms with van der Waals surface area (Å²) in [5.74, 6) is 2.27. The van der Waals surface area contributed by atoms with Gasteiger partial charge in [0, 0.05) is 0 Å². The summed E-state index contributed by atoms with van der Waals surface area (Å²) >= 11 is 0. The number of rotatable bonds is 4. The molecule has 0 aliphatic rings. The standard InChI is InChI=1S/C11H19NO/c1-8(2)9(3)11(12-4)10-6-5-7-13-10/h5-9,11-12H,1-4H3. The number of hydrogen-bond acceptors (Lipinski definition) is 2. The lowest BCUT2D eigenvalue weighted by molar-refractivity contribution is 0.279. The molecular formula is C11H19NO. The molecule has 2 heteroatoms. The maximum atomic E-state index is 5.40. The van der Waals surface area contributed by atoms with Gasteiger partial charge < -0.3 is 9.73 Å². The lowest BCUT2D eigenvalue weighted by atomic mass is 9.89.